The molecule has 4 atom stereocenters. The Morgan fingerprint density at radius 1 is 1.03 bits per heavy atom. The van der Waals surface area contributed by atoms with E-state index in [0.29, 0.717) is 24.0 Å². The first-order valence-corrected chi connectivity index (χ1v) is 14.1. The first-order valence-electron chi connectivity index (χ1n) is 14.1. The van der Waals surface area contributed by atoms with E-state index in [4.69, 9.17) is 0 Å². The predicted molar refractivity (Wildman–Crippen MR) is 139 cm³/mol. The van der Waals surface area contributed by atoms with Gasteiger partial charge in [-0.1, -0.05) is 44.2 Å². The summed E-state index contributed by atoms with van der Waals surface area (Å²) in [6.07, 6.45) is 5.59. The molecule has 3 heterocycles. The minimum atomic E-state index is -2.62. The summed E-state index contributed by atoms with van der Waals surface area (Å²) in [5, 5.41) is 12.1. The lowest BCUT2D eigenvalue weighted by atomic mass is 9.86. The zero-order chi connectivity index (χ0) is 26.2. The molecule has 0 spiro atoms. The molecule has 5 rings (SSSR count). The van der Waals surface area contributed by atoms with Crippen molar-refractivity contribution in [1.29, 1.82) is 0 Å². The molecule has 8 heteroatoms. The Balaban J connectivity index is 1.24. The van der Waals surface area contributed by atoms with Crippen molar-refractivity contribution in [2.24, 2.45) is 5.92 Å². The van der Waals surface area contributed by atoms with Gasteiger partial charge in [0.25, 0.3) is 0 Å². The molecular formula is C29H41F2N5O. The van der Waals surface area contributed by atoms with Crippen molar-refractivity contribution in [3.63, 3.8) is 0 Å². The number of rotatable bonds is 8. The molecule has 0 radical (unpaired) electrons. The number of hydrogen-bond acceptors (Lipinski definition) is 4. The Morgan fingerprint density at radius 2 is 1.68 bits per heavy atom. The molecule has 3 fully saturated rings. The van der Waals surface area contributed by atoms with E-state index in [1.165, 1.54) is 12.8 Å². The van der Waals surface area contributed by atoms with Gasteiger partial charge in [-0.15, -0.1) is 10.2 Å². The van der Waals surface area contributed by atoms with Crippen LogP contribution in [0.1, 0.15) is 107 Å². The summed E-state index contributed by atoms with van der Waals surface area (Å²) in [6, 6.07) is 11.5. The van der Waals surface area contributed by atoms with Crippen LogP contribution in [0.25, 0.3) is 0 Å². The Bertz CT molecular complexity index is 1050. The van der Waals surface area contributed by atoms with E-state index < -0.39 is 5.92 Å². The smallest absolute Gasteiger partial charge is 0.248 e. The average Bonchev–Trinajstić information content (AvgIpc) is 3.37. The Hall–Kier alpha value is -2.35. The normalized spacial score (nSPS) is 26.9. The first kappa shape index (κ1) is 26.3. The van der Waals surface area contributed by atoms with Crippen molar-refractivity contribution in [3.8, 4) is 0 Å². The van der Waals surface area contributed by atoms with E-state index >= 15 is 0 Å². The van der Waals surface area contributed by atoms with Gasteiger partial charge in [-0.25, -0.2) is 8.78 Å². The van der Waals surface area contributed by atoms with Crippen LogP contribution in [0.3, 0.4) is 0 Å². The van der Waals surface area contributed by atoms with Gasteiger partial charge in [-0.05, 0) is 57.4 Å². The molecule has 3 aliphatic rings. The molecule has 37 heavy (non-hydrogen) atoms. The second-order valence-corrected chi connectivity index (χ2v) is 11.8. The molecule has 2 aromatic rings. The fourth-order valence-corrected chi connectivity index (χ4v) is 6.93. The molecule has 1 aromatic carbocycles. The van der Waals surface area contributed by atoms with E-state index in [-0.39, 0.29) is 43.6 Å². The number of aromatic nitrogens is 3. The molecule has 2 bridgehead atoms. The van der Waals surface area contributed by atoms with E-state index in [2.05, 4.69) is 57.9 Å². The fourth-order valence-electron chi connectivity index (χ4n) is 6.93. The van der Waals surface area contributed by atoms with Crippen LogP contribution >= 0.6 is 0 Å². The number of nitrogens with one attached hydrogen (secondary N) is 1. The SMILES string of the molecule is Cc1nnc(C(C)C)n1C1C[C@H]2CC[C@@H](C1)N2CC[C@@H](NC(=O)C1CCC(F)(F)CC1)c1ccccc1. The highest BCUT2D eigenvalue weighted by molar-refractivity contribution is 5.79. The lowest BCUT2D eigenvalue weighted by Gasteiger charge is -2.40. The summed E-state index contributed by atoms with van der Waals surface area (Å²) >= 11 is 0. The van der Waals surface area contributed by atoms with Crippen molar-refractivity contribution in [2.45, 2.75) is 115 Å². The maximum atomic E-state index is 13.6. The summed E-state index contributed by atoms with van der Waals surface area (Å²) in [6.45, 7) is 7.34. The minimum Gasteiger partial charge on any atom is -0.349 e. The van der Waals surface area contributed by atoms with Crippen molar-refractivity contribution in [2.75, 3.05) is 6.54 Å². The second kappa shape index (κ2) is 10.8. The Labute approximate surface area is 219 Å². The molecule has 1 aliphatic carbocycles. The maximum Gasteiger partial charge on any atom is 0.248 e. The van der Waals surface area contributed by atoms with E-state index in [0.717, 1.165) is 43.0 Å². The number of nitrogens with zero attached hydrogens (tertiary/aromatic N) is 4. The van der Waals surface area contributed by atoms with Crippen LogP contribution in [-0.4, -0.2) is 50.1 Å². The molecule has 1 amide bonds. The monoisotopic (exact) mass is 513 g/mol. The van der Waals surface area contributed by atoms with E-state index in [1.54, 1.807) is 0 Å². The first-order chi connectivity index (χ1) is 17.7. The van der Waals surface area contributed by atoms with Gasteiger partial charge in [-0.3, -0.25) is 9.69 Å². The molecule has 6 nitrogen and oxygen atoms in total. The zero-order valence-corrected chi connectivity index (χ0v) is 22.4. The molecule has 1 aromatic heterocycles. The fraction of sp³-hybridized carbons (Fsp3) is 0.690. The molecule has 2 saturated heterocycles. The quantitative estimate of drug-likeness (QED) is 0.474. The number of carbonyl (C=O) groups excluding carboxylic acids is 1. The molecule has 2 aliphatic heterocycles. The second-order valence-electron chi connectivity index (χ2n) is 11.8. The topological polar surface area (TPSA) is 63.1 Å². The van der Waals surface area contributed by atoms with Crippen LogP contribution in [0, 0.1) is 12.8 Å². The van der Waals surface area contributed by atoms with Gasteiger partial charge in [0, 0.05) is 49.3 Å². The van der Waals surface area contributed by atoms with Crippen LogP contribution in [0.15, 0.2) is 30.3 Å². The van der Waals surface area contributed by atoms with Crippen molar-refractivity contribution in [3.05, 3.63) is 47.5 Å². The summed E-state index contributed by atoms with van der Waals surface area (Å²) in [7, 11) is 0. The highest BCUT2D eigenvalue weighted by atomic mass is 19.3. The number of fused-ring (bicyclic) bond motifs is 2. The molecule has 202 valence electrons. The van der Waals surface area contributed by atoms with Gasteiger partial charge in [-0.2, -0.15) is 0 Å². The van der Waals surface area contributed by atoms with E-state index in [1.807, 2.05) is 18.2 Å². The van der Waals surface area contributed by atoms with Gasteiger partial charge in [0.15, 0.2) is 0 Å². The lowest BCUT2D eigenvalue weighted by molar-refractivity contribution is -0.130. The maximum absolute atomic E-state index is 13.6. The third kappa shape index (κ3) is 5.74. The average molecular weight is 514 g/mol. The molecular weight excluding hydrogens is 472 g/mol. The van der Waals surface area contributed by atoms with Crippen molar-refractivity contribution in [1.82, 2.24) is 25.0 Å². The van der Waals surface area contributed by atoms with Gasteiger partial charge in [0.05, 0.1) is 6.04 Å². The lowest BCUT2D eigenvalue weighted by Crippen LogP contribution is -2.45. The predicted octanol–water partition coefficient (Wildman–Crippen LogP) is 5.95. The van der Waals surface area contributed by atoms with Crippen LogP contribution in [0.4, 0.5) is 8.78 Å². The summed E-state index contributed by atoms with van der Waals surface area (Å²) in [5.41, 5.74) is 1.08. The van der Waals surface area contributed by atoms with Crippen LogP contribution in [-0.2, 0) is 4.79 Å². The summed E-state index contributed by atoms with van der Waals surface area (Å²) < 4.78 is 29.6. The van der Waals surface area contributed by atoms with Crippen molar-refractivity contribution >= 4 is 5.91 Å². The van der Waals surface area contributed by atoms with Crippen molar-refractivity contribution < 1.29 is 13.6 Å². The zero-order valence-electron chi connectivity index (χ0n) is 22.4. The Morgan fingerprint density at radius 3 is 2.30 bits per heavy atom. The number of hydrogen-bond donors (Lipinski definition) is 1. The van der Waals surface area contributed by atoms with Gasteiger partial charge >= 0.3 is 0 Å². The third-order valence-electron chi connectivity index (χ3n) is 8.92. The van der Waals surface area contributed by atoms with Crippen LogP contribution in [0.5, 0.6) is 0 Å². The van der Waals surface area contributed by atoms with E-state index in [9.17, 15) is 13.6 Å². The van der Waals surface area contributed by atoms with Crippen LogP contribution < -0.4 is 5.32 Å². The van der Waals surface area contributed by atoms with Crippen LogP contribution in [0.2, 0.25) is 0 Å². The Kier molecular flexibility index (Phi) is 7.66. The summed E-state index contributed by atoms with van der Waals surface area (Å²) in [4.78, 5) is 15.8. The van der Waals surface area contributed by atoms with Gasteiger partial charge in [0.2, 0.25) is 11.8 Å². The highest BCUT2D eigenvalue weighted by Crippen LogP contribution is 2.42. The number of halogens is 2. The van der Waals surface area contributed by atoms with Gasteiger partial charge in [0.1, 0.15) is 11.6 Å². The number of aryl methyl sites for hydroxylation is 1. The standard InChI is InChI=1S/C29H41F2N5O/c1-19(2)27-34-33-20(3)36(27)25-17-23-9-10-24(18-25)35(23)16-13-26(21-7-5-4-6-8-21)32-28(37)22-11-14-29(30,31)15-12-22/h4-8,19,22-26H,9-18H2,1-3H3,(H,32,37)/t23-,24+,25?,26-/m1/s1. The molecule has 1 saturated carbocycles. The third-order valence-corrected chi connectivity index (χ3v) is 8.92. The summed E-state index contributed by atoms with van der Waals surface area (Å²) in [5.74, 6) is -0.572. The van der Waals surface area contributed by atoms with Gasteiger partial charge < -0.3 is 9.88 Å². The molecule has 1 N–H and O–H groups in total. The number of carbonyl (C=O) groups is 1. The highest BCUT2D eigenvalue weighted by Gasteiger charge is 2.42. The largest absolute Gasteiger partial charge is 0.349 e. The number of benzene rings is 1. The minimum absolute atomic E-state index is 0.0738. The number of piperidine rings is 1. The number of amides is 1. The number of alkyl halides is 2. The molecule has 1 unspecified atom stereocenters.